The summed E-state index contributed by atoms with van der Waals surface area (Å²) in [7, 11) is 0. The number of fused-ring (bicyclic) bond motifs is 2. The lowest BCUT2D eigenvalue weighted by Gasteiger charge is -2.30. The zero-order valence-corrected chi connectivity index (χ0v) is 17.2. The van der Waals surface area contributed by atoms with E-state index < -0.39 is 11.6 Å². The van der Waals surface area contributed by atoms with Gasteiger partial charge in [0.25, 0.3) is 0 Å². The molecule has 29 heavy (non-hydrogen) atoms. The molecule has 3 aliphatic rings. The van der Waals surface area contributed by atoms with Gasteiger partial charge in [0, 0.05) is 12.6 Å². The highest BCUT2D eigenvalue weighted by Gasteiger charge is 2.46. The number of nitrogens with zero attached hydrogens (tertiary/aromatic N) is 5. The summed E-state index contributed by atoms with van der Waals surface area (Å²) in [6.45, 7) is 6.16. The Morgan fingerprint density at radius 2 is 1.97 bits per heavy atom. The summed E-state index contributed by atoms with van der Waals surface area (Å²) in [5.41, 5.74) is -0.584. The highest BCUT2D eigenvalue weighted by Crippen LogP contribution is 2.37. The number of piperidine rings is 1. The van der Waals surface area contributed by atoms with Gasteiger partial charge in [0.15, 0.2) is 0 Å². The maximum atomic E-state index is 12.8. The Kier molecular flexibility index (Phi) is 5.14. The predicted octanol–water partition coefficient (Wildman–Crippen LogP) is 3.08. The van der Waals surface area contributed by atoms with Crippen LogP contribution in [-0.4, -0.2) is 66.6 Å². The van der Waals surface area contributed by atoms with Crippen LogP contribution in [0.3, 0.4) is 0 Å². The van der Waals surface area contributed by atoms with E-state index in [9.17, 15) is 14.8 Å². The Hall–Kier alpha value is -2.36. The maximum Gasteiger partial charge on any atom is 0.411 e. The molecule has 10 nitrogen and oxygen atoms in total. The molecule has 1 aromatic heterocycles. The Bertz CT molecular complexity index is 769. The lowest BCUT2D eigenvalue weighted by Crippen LogP contribution is -2.41. The van der Waals surface area contributed by atoms with Gasteiger partial charge in [-0.2, -0.15) is 0 Å². The van der Waals surface area contributed by atoms with Gasteiger partial charge in [-0.05, 0) is 46.5 Å². The van der Waals surface area contributed by atoms with Gasteiger partial charge in [0.1, 0.15) is 18.2 Å². The molecule has 3 fully saturated rings. The molecular formula is C19H29N5O5. The van der Waals surface area contributed by atoms with Crippen molar-refractivity contribution in [2.24, 2.45) is 0 Å². The summed E-state index contributed by atoms with van der Waals surface area (Å²) in [6.07, 6.45) is 4.96. The second kappa shape index (κ2) is 7.47. The molecule has 10 heteroatoms. The number of urea groups is 1. The van der Waals surface area contributed by atoms with Crippen LogP contribution in [0.2, 0.25) is 0 Å². The predicted molar refractivity (Wildman–Crippen MR) is 99.8 cm³/mol. The third kappa shape index (κ3) is 4.03. The number of carbonyl (C=O) groups excluding carboxylic acids is 2. The first-order valence-electron chi connectivity index (χ1n) is 10.3. The topological polar surface area (TPSA) is 112 Å². The second-order valence-electron chi connectivity index (χ2n) is 9.11. The average molecular weight is 407 g/mol. The number of hydrogen-bond acceptors (Lipinski definition) is 7. The van der Waals surface area contributed by atoms with Crippen LogP contribution in [0.5, 0.6) is 0 Å². The smallest absolute Gasteiger partial charge is 0.411 e. The molecule has 0 aromatic carbocycles. The molecule has 2 bridgehead atoms. The van der Waals surface area contributed by atoms with E-state index in [4.69, 9.17) is 9.15 Å². The Labute approximate surface area is 169 Å². The maximum absolute atomic E-state index is 12.8. The number of rotatable bonds is 4. The number of amides is 3. The monoisotopic (exact) mass is 407 g/mol. The number of aromatic nitrogens is 2. The molecule has 4 rings (SSSR count). The van der Waals surface area contributed by atoms with Crippen LogP contribution in [0.15, 0.2) is 4.42 Å². The van der Waals surface area contributed by atoms with Gasteiger partial charge in [-0.25, -0.2) is 14.7 Å². The lowest BCUT2D eigenvalue weighted by molar-refractivity contribution is -0.0584. The van der Waals surface area contributed by atoms with E-state index in [2.05, 4.69) is 10.2 Å². The molecule has 1 aliphatic carbocycles. The van der Waals surface area contributed by atoms with Crippen molar-refractivity contribution in [3.8, 4) is 0 Å². The molecule has 0 unspecified atom stereocenters. The highest BCUT2D eigenvalue weighted by molar-refractivity contribution is 5.76. The zero-order valence-electron chi connectivity index (χ0n) is 17.2. The van der Waals surface area contributed by atoms with Gasteiger partial charge in [-0.15, -0.1) is 10.2 Å². The fourth-order valence-electron chi connectivity index (χ4n) is 4.40. The third-order valence-electron chi connectivity index (χ3n) is 5.81. The summed E-state index contributed by atoms with van der Waals surface area (Å²) in [5, 5.41) is 18.9. The van der Waals surface area contributed by atoms with E-state index in [1.807, 2.05) is 20.8 Å². The summed E-state index contributed by atoms with van der Waals surface area (Å²) in [5.74, 6) is 0.671. The molecule has 2 saturated heterocycles. The lowest BCUT2D eigenvalue weighted by atomic mass is 10.0. The summed E-state index contributed by atoms with van der Waals surface area (Å²) >= 11 is 0. The minimum atomic E-state index is -0.584. The molecular weight excluding hydrogens is 378 g/mol. The molecule has 2 aliphatic heterocycles. The first kappa shape index (κ1) is 19.9. The first-order valence-corrected chi connectivity index (χ1v) is 10.3. The quantitative estimate of drug-likeness (QED) is 0.763. The molecule has 160 valence electrons. The molecule has 1 N–H and O–H groups in total. The molecule has 2 atom stereocenters. The Morgan fingerprint density at radius 1 is 1.24 bits per heavy atom. The first-order chi connectivity index (χ1) is 13.7. The van der Waals surface area contributed by atoms with Crippen molar-refractivity contribution < 1.29 is 24.0 Å². The third-order valence-corrected chi connectivity index (χ3v) is 5.81. The fourth-order valence-corrected chi connectivity index (χ4v) is 4.40. The van der Waals surface area contributed by atoms with Crippen LogP contribution in [0.1, 0.15) is 77.1 Å². The Balaban J connectivity index is 1.49. The molecule has 3 heterocycles. The minimum absolute atomic E-state index is 0.0961. The van der Waals surface area contributed by atoms with Gasteiger partial charge in [0.05, 0.1) is 6.04 Å². The summed E-state index contributed by atoms with van der Waals surface area (Å²) in [6, 6.07) is -0.859. The van der Waals surface area contributed by atoms with Gasteiger partial charge in [-0.1, -0.05) is 12.8 Å². The summed E-state index contributed by atoms with van der Waals surface area (Å²) in [4.78, 5) is 28.2. The largest absolute Gasteiger partial charge is 0.444 e. The van der Waals surface area contributed by atoms with Crippen LogP contribution >= 0.6 is 0 Å². The number of hydrogen-bond donors (Lipinski definition) is 1. The Morgan fingerprint density at radius 3 is 2.66 bits per heavy atom. The van der Waals surface area contributed by atoms with E-state index in [1.165, 1.54) is 0 Å². The number of hydroxylamine groups is 2. The zero-order chi connectivity index (χ0) is 20.8. The van der Waals surface area contributed by atoms with Crippen molar-refractivity contribution in [3.05, 3.63) is 11.8 Å². The standard InChI is InChI=1S/C19H29N5O5/c1-19(2,3)29-18(26)22(12-6-4-5-7-12)11-15-20-21-16(28-15)14-9-8-13-10-23(14)17(25)24(13)27/h12-14,27H,4-11H2,1-3H3/t13-,14+/m1/s1. The van der Waals surface area contributed by atoms with Crippen molar-refractivity contribution in [1.82, 2.24) is 25.1 Å². The van der Waals surface area contributed by atoms with Crippen molar-refractivity contribution in [2.75, 3.05) is 6.54 Å². The fraction of sp³-hybridized carbons (Fsp3) is 0.789. The molecule has 0 spiro atoms. The van der Waals surface area contributed by atoms with Crippen molar-refractivity contribution in [1.29, 1.82) is 0 Å². The summed E-state index contributed by atoms with van der Waals surface area (Å²) < 4.78 is 11.4. The average Bonchev–Trinajstić information content (AvgIpc) is 3.38. The van der Waals surface area contributed by atoms with Crippen molar-refractivity contribution >= 4 is 12.1 Å². The van der Waals surface area contributed by atoms with Crippen LogP contribution in [-0.2, 0) is 11.3 Å². The number of carbonyl (C=O) groups is 2. The van der Waals surface area contributed by atoms with Crippen LogP contribution in [0, 0.1) is 0 Å². The van der Waals surface area contributed by atoms with Crippen molar-refractivity contribution in [2.45, 2.75) is 89.6 Å². The van der Waals surface area contributed by atoms with E-state index >= 15 is 0 Å². The van der Waals surface area contributed by atoms with Gasteiger partial charge < -0.3 is 14.1 Å². The minimum Gasteiger partial charge on any atom is -0.444 e. The van der Waals surface area contributed by atoms with E-state index in [1.54, 1.807) is 9.80 Å². The molecule has 1 saturated carbocycles. The van der Waals surface area contributed by atoms with Gasteiger partial charge in [-0.3, -0.25) is 10.1 Å². The van der Waals surface area contributed by atoms with Crippen LogP contribution in [0.4, 0.5) is 9.59 Å². The van der Waals surface area contributed by atoms with E-state index in [-0.39, 0.29) is 30.8 Å². The van der Waals surface area contributed by atoms with E-state index in [0.717, 1.165) is 30.7 Å². The number of ether oxygens (including phenoxy) is 1. The van der Waals surface area contributed by atoms with Gasteiger partial charge >= 0.3 is 12.1 Å². The second-order valence-corrected chi connectivity index (χ2v) is 9.11. The highest BCUT2D eigenvalue weighted by atomic mass is 16.6. The molecule has 1 aromatic rings. The van der Waals surface area contributed by atoms with Crippen LogP contribution < -0.4 is 0 Å². The van der Waals surface area contributed by atoms with Crippen molar-refractivity contribution in [3.63, 3.8) is 0 Å². The van der Waals surface area contributed by atoms with Crippen LogP contribution in [0.25, 0.3) is 0 Å². The molecule has 3 amide bonds. The normalized spacial score (nSPS) is 25.0. The van der Waals surface area contributed by atoms with Gasteiger partial charge in [0.2, 0.25) is 11.8 Å². The SMILES string of the molecule is CC(C)(C)OC(=O)N(Cc1nnc([C@@H]2CC[C@@H]3CN2C(=O)N3O)o1)C1CCCC1. The molecule has 0 radical (unpaired) electrons. The van der Waals surface area contributed by atoms with E-state index in [0.29, 0.717) is 31.2 Å².